The Morgan fingerprint density at radius 3 is 2.88 bits per heavy atom. The van der Waals surface area contributed by atoms with Crippen LogP contribution in [0.3, 0.4) is 0 Å². The number of rotatable bonds is 7. The van der Waals surface area contributed by atoms with Gasteiger partial charge in [0.1, 0.15) is 5.75 Å². The maximum Gasteiger partial charge on any atom is 0.216 e. The minimum atomic E-state index is 0.501. The van der Waals surface area contributed by atoms with Crippen LogP contribution in [0.4, 0.5) is 0 Å². The quantitative estimate of drug-likeness (QED) is 0.493. The van der Waals surface area contributed by atoms with Crippen LogP contribution in [-0.4, -0.2) is 27.7 Å². The van der Waals surface area contributed by atoms with Gasteiger partial charge < -0.3 is 4.74 Å². The number of benzene rings is 2. The number of unbranched alkanes of at least 4 members (excludes halogenated alkanes) is 1. The molecular formula is C19H22N4OS. The van der Waals surface area contributed by atoms with Gasteiger partial charge in [-0.1, -0.05) is 43.7 Å². The van der Waals surface area contributed by atoms with Crippen molar-refractivity contribution in [2.75, 3.05) is 6.61 Å². The molecule has 0 fully saturated rings. The number of nitrogens with zero attached hydrogens (tertiary/aromatic N) is 3. The zero-order chi connectivity index (χ0) is 17.6. The molecule has 0 spiro atoms. The molecule has 130 valence electrons. The molecule has 1 N–H and O–H groups in total. The van der Waals surface area contributed by atoms with Crippen molar-refractivity contribution in [2.24, 2.45) is 5.10 Å². The molecule has 1 aromatic heterocycles. The standard InChI is InChI=1S/C19H22N4OS/c1-3-5-10-18-21-22-19(25)23(18)20-13-16-15-9-7-6-8-14(15)11-12-17(16)24-4-2/h6-9,11-13H,3-5,10H2,1-2H3,(H,22,25)/b20-13-. The molecule has 1 heterocycles. The lowest BCUT2D eigenvalue weighted by atomic mass is 10.0. The van der Waals surface area contributed by atoms with Gasteiger partial charge in [0, 0.05) is 12.0 Å². The van der Waals surface area contributed by atoms with Gasteiger partial charge in [-0.3, -0.25) is 5.10 Å². The topological polar surface area (TPSA) is 55.2 Å². The zero-order valence-corrected chi connectivity index (χ0v) is 15.3. The Balaban J connectivity index is 2.05. The van der Waals surface area contributed by atoms with Crippen LogP contribution in [0.15, 0.2) is 41.5 Å². The molecular weight excluding hydrogens is 332 g/mol. The Morgan fingerprint density at radius 2 is 2.08 bits per heavy atom. The summed E-state index contributed by atoms with van der Waals surface area (Å²) >= 11 is 5.32. The summed E-state index contributed by atoms with van der Waals surface area (Å²) in [6.45, 7) is 4.73. The number of aromatic nitrogens is 3. The van der Waals surface area contributed by atoms with E-state index in [0.717, 1.165) is 47.2 Å². The van der Waals surface area contributed by atoms with E-state index in [-0.39, 0.29) is 0 Å². The second-order valence-electron chi connectivity index (χ2n) is 5.74. The fraction of sp³-hybridized carbons (Fsp3) is 0.316. The van der Waals surface area contributed by atoms with Gasteiger partial charge in [-0.05, 0) is 42.4 Å². The minimum Gasteiger partial charge on any atom is -0.493 e. The van der Waals surface area contributed by atoms with Crippen LogP contribution in [0, 0.1) is 4.77 Å². The van der Waals surface area contributed by atoms with E-state index < -0.39 is 0 Å². The van der Waals surface area contributed by atoms with E-state index >= 15 is 0 Å². The molecule has 0 saturated carbocycles. The van der Waals surface area contributed by atoms with E-state index in [9.17, 15) is 0 Å². The van der Waals surface area contributed by atoms with Crippen molar-refractivity contribution >= 4 is 29.2 Å². The molecule has 0 atom stereocenters. The molecule has 3 rings (SSSR count). The van der Waals surface area contributed by atoms with E-state index in [1.807, 2.05) is 31.3 Å². The van der Waals surface area contributed by atoms with Crippen molar-refractivity contribution < 1.29 is 4.74 Å². The number of H-pyrrole nitrogens is 1. The van der Waals surface area contributed by atoms with Gasteiger partial charge in [0.05, 0.1) is 12.8 Å². The minimum absolute atomic E-state index is 0.501. The lowest BCUT2D eigenvalue weighted by molar-refractivity contribution is 0.340. The molecule has 0 aliphatic heterocycles. The number of hydrogen-bond donors (Lipinski definition) is 1. The Kier molecular flexibility index (Phi) is 5.60. The fourth-order valence-electron chi connectivity index (χ4n) is 2.75. The summed E-state index contributed by atoms with van der Waals surface area (Å²) in [6, 6.07) is 12.3. The summed E-state index contributed by atoms with van der Waals surface area (Å²) in [5.74, 6) is 1.66. The van der Waals surface area contributed by atoms with Crippen molar-refractivity contribution in [2.45, 2.75) is 33.1 Å². The largest absolute Gasteiger partial charge is 0.493 e. The highest BCUT2D eigenvalue weighted by Gasteiger charge is 2.08. The van der Waals surface area contributed by atoms with Crippen LogP contribution >= 0.6 is 12.2 Å². The van der Waals surface area contributed by atoms with Gasteiger partial charge in [0.15, 0.2) is 5.82 Å². The highest BCUT2D eigenvalue weighted by atomic mass is 32.1. The van der Waals surface area contributed by atoms with Crippen LogP contribution in [0.1, 0.15) is 38.1 Å². The smallest absolute Gasteiger partial charge is 0.216 e. The summed E-state index contributed by atoms with van der Waals surface area (Å²) in [5.41, 5.74) is 0.949. The summed E-state index contributed by atoms with van der Waals surface area (Å²) in [5, 5.41) is 14.0. The first-order valence-corrected chi connectivity index (χ1v) is 9.00. The molecule has 0 aliphatic rings. The molecule has 0 amide bonds. The molecule has 0 saturated heterocycles. The zero-order valence-electron chi connectivity index (χ0n) is 14.5. The maximum atomic E-state index is 5.79. The number of hydrogen-bond acceptors (Lipinski definition) is 4. The first kappa shape index (κ1) is 17.4. The normalized spacial score (nSPS) is 11.4. The van der Waals surface area contributed by atoms with E-state index in [4.69, 9.17) is 17.0 Å². The Morgan fingerprint density at radius 1 is 1.24 bits per heavy atom. The second-order valence-corrected chi connectivity index (χ2v) is 6.12. The Labute approximate surface area is 152 Å². The number of aryl methyl sites for hydroxylation is 1. The van der Waals surface area contributed by atoms with E-state index in [1.54, 1.807) is 4.68 Å². The van der Waals surface area contributed by atoms with Gasteiger partial charge >= 0.3 is 0 Å². The van der Waals surface area contributed by atoms with Gasteiger partial charge in [-0.25, -0.2) is 0 Å². The number of nitrogens with one attached hydrogen (secondary N) is 1. The maximum absolute atomic E-state index is 5.79. The summed E-state index contributed by atoms with van der Waals surface area (Å²) in [7, 11) is 0. The van der Waals surface area contributed by atoms with Crippen molar-refractivity contribution in [3.8, 4) is 5.75 Å². The number of aromatic amines is 1. The first-order chi connectivity index (χ1) is 12.2. The molecule has 2 aromatic carbocycles. The lowest BCUT2D eigenvalue weighted by Crippen LogP contribution is -2.01. The van der Waals surface area contributed by atoms with Gasteiger partial charge in [-0.2, -0.15) is 14.9 Å². The molecule has 5 nitrogen and oxygen atoms in total. The third-order valence-electron chi connectivity index (χ3n) is 4.00. The molecule has 0 aliphatic carbocycles. The Hall–Kier alpha value is -2.47. The summed E-state index contributed by atoms with van der Waals surface area (Å²) < 4.78 is 7.99. The Bertz CT molecular complexity index is 942. The lowest BCUT2D eigenvalue weighted by Gasteiger charge is -2.10. The van der Waals surface area contributed by atoms with Crippen molar-refractivity contribution in [1.29, 1.82) is 0 Å². The first-order valence-electron chi connectivity index (χ1n) is 8.59. The number of fused-ring (bicyclic) bond motifs is 1. The highest BCUT2D eigenvalue weighted by Crippen LogP contribution is 2.26. The van der Waals surface area contributed by atoms with E-state index in [1.165, 1.54) is 0 Å². The predicted molar refractivity (Wildman–Crippen MR) is 104 cm³/mol. The molecule has 0 unspecified atom stereocenters. The fourth-order valence-corrected chi connectivity index (χ4v) is 2.94. The van der Waals surface area contributed by atoms with E-state index in [0.29, 0.717) is 11.4 Å². The predicted octanol–water partition coefficient (Wildman–Crippen LogP) is 4.72. The average Bonchev–Trinajstić information content (AvgIpc) is 2.99. The molecule has 0 radical (unpaired) electrons. The van der Waals surface area contributed by atoms with Gasteiger partial charge in [-0.15, -0.1) is 0 Å². The average molecular weight is 354 g/mol. The third kappa shape index (κ3) is 3.79. The van der Waals surface area contributed by atoms with Crippen LogP contribution in [0.25, 0.3) is 10.8 Å². The van der Waals surface area contributed by atoms with Crippen LogP contribution in [-0.2, 0) is 6.42 Å². The van der Waals surface area contributed by atoms with Gasteiger partial charge in [0.2, 0.25) is 4.77 Å². The monoisotopic (exact) mass is 354 g/mol. The van der Waals surface area contributed by atoms with E-state index in [2.05, 4.69) is 40.4 Å². The summed E-state index contributed by atoms with van der Waals surface area (Å²) in [6.07, 6.45) is 4.80. The van der Waals surface area contributed by atoms with Crippen LogP contribution in [0.5, 0.6) is 5.75 Å². The van der Waals surface area contributed by atoms with Crippen molar-refractivity contribution in [3.63, 3.8) is 0 Å². The van der Waals surface area contributed by atoms with Crippen LogP contribution < -0.4 is 4.74 Å². The summed E-state index contributed by atoms with van der Waals surface area (Å²) in [4.78, 5) is 0. The third-order valence-corrected chi connectivity index (χ3v) is 4.27. The highest BCUT2D eigenvalue weighted by molar-refractivity contribution is 7.71. The van der Waals surface area contributed by atoms with Gasteiger partial charge in [0.25, 0.3) is 0 Å². The second kappa shape index (κ2) is 8.07. The van der Waals surface area contributed by atoms with Crippen molar-refractivity contribution in [3.05, 3.63) is 52.6 Å². The molecule has 0 bridgehead atoms. The van der Waals surface area contributed by atoms with Crippen molar-refractivity contribution in [1.82, 2.24) is 14.9 Å². The molecule has 3 aromatic rings. The molecule has 25 heavy (non-hydrogen) atoms. The molecule has 6 heteroatoms. The van der Waals surface area contributed by atoms with Crippen LogP contribution in [0.2, 0.25) is 0 Å². The SMILES string of the molecule is CCCCc1n[nH]c(=S)n1/N=C\c1c(OCC)ccc2ccccc12. The number of ether oxygens (including phenoxy) is 1.